The molecule has 0 radical (unpaired) electrons. The second-order valence-corrected chi connectivity index (χ2v) is 6.75. The van der Waals surface area contributed by atoms with Gasteiger partial charge in [0.05, 0.1) is 24.9 Å². The zero-order valence-corrected chi connectivity index (χ0v) is 12.9. The van der Waals surface area contributed by atoms with Crippen molar-refractivity contribution in [3.8, 4) is 0 Å². The van der Waals surface area contributed by atoms with Crippen LogP contribution < -0.4 is 0 Å². The molecule has 2 aliphatic rings. The fourth-order valence-corrected chi connectivity index (χ4v) is 3.66. The van der Waals surface area contributed by atoms with E-state index in [9.17, 15) is 4.79 Å². The first-order valence-electron chi connectivity index (χ1n) is 6.72. The normalized spacial score (nSPS) is 29.2. The van der Waals surface area contributed by atoms with Gasteiger partial charge in [0, 0.05) is 8.99 Å². The Morgan fingerprint density at radius 2 is 2.32 bits per heavy atom. The molecule has 1 saturated heterocycles. The van der Waals surface area contributed by atoms with Crippen LogP contribution in [0.2, 0.25) is 0 Å². The molecule has 2 atom stereocenters. The van der Waals surface area contributed by atoms with Gasteiger partial charge in [-0.05, 0) is 54.0 Å². The molecule has 1 aliphatic carbocycles. The molecule has 1 aromatic carbocycles. The number of hydrogen-bond donors (Lipinski definition) is 0. The summed E-state index contributed by atoms with van der Waals surface area (Å²) < 4.78 is 12.2. The van der Waals surface area contributed by atoms with Crippen molar-refractivity contribution >= 4 is 28.6 Å². The molecule has 0 aromatic heterocycles. The van der Waals surface area contributed by atoms with Crippen molar-refractivity contribution in [3.63, 3.8) is 0 Å². The Morgan fingerprint density at radius 3 is 3.16 bits per heavy atom. The Labute approximate surface area is 126 Å². The van der Waals surface area contributed by atoms with Crippen LogP contribution in [0.3, 0.4) is 0 Å². The van der Waals surface area contributed by atoms with E-state index in [2.05, 4.69) is 22.6 Å². The minimum Gasteiger partial charge on any atom is -0.461 e. The molecule has 4 heteroatoms. The summed E-state index contributed by atoms with van der Waals surface area (Å²) in [4.78, 5) is 12.1. The molecule has 0 N–H and O–H groups in total. The monoisotopic (exact) mass is 372 g/mol. The molecule has 0 unspecified atom stereocenters. The lowest BCUT2D eigenvalue weighted by Crippen LogP contribution is -2.31. The minimum absolute atomic E-state index is 0.0821. The topological polar surface area (TPSA) is 35.5 Å². The van der Waals surface area contributed by atoms with Crippen molar-refractivity contribution in [1.82, 2.24) is 0 Å². The highest BCUT2D eigenvalue weighted by molar-refractivity contribution is 14.1. The van der Waals surface area contributed by atoms with E-state index in [-0.39, 0.29) is 11.4 Å². The number of hydrogen-bond acceptors (Lipinski definition) is 3. The van der Waals surface area contributed by atoms with E-state index >= 15 is 0 Å². The van der Waals surface area contributed by atoms with E-state index in [0.29, 0.717) is 18.3 Å². The Hall–Kier alpha value is -0.620. The summed E-state index contributed by atoms with van der Waals surface area (Å²) in [6.07, 6.45) is 4.90. The second kappa shape index (κ2) is 5.40. The van der Waals surface area contributed by atoms with Gasteiger partial charge in [0.2, 0.25) is 0 Å². The van der Waals surface area contributed by atoms with Crippen LogP contribution in [0.25, 0.3) is 0 Å². The van der Waals surface area contributed by atoms with Crippen molar-refractivity contribution < 1.29 is 14.3 Å². The van der Waals surface area contributed by atoms with Gasteiger partial charge in [0.15, 0.2) is 0 Å². The average molecular weight is 372 g/mol. The fourth-order valence-electron chi connectivity index (χ4n) is 3.06. The number of carbonyl (C=O) groups is 1. The summed E-state index contributed by atoms with van der Waals surface area (Å²) in [6, 6.07) is 7.53. The maximum atomic E-state index is 12.1. The number of fused-ring (bicyclic) bond motifs is 2. The predicted octanol–water partition coefficient (Wildman–Crippen LogP) is 3.41. The number of rotatable bonds is 3. The molecule has 1 aromatic rings. The van der Waals surface area contributed by atoms with E-state index in [1.54, 1.807) is 0 Å². The Balaban J connectivity index is 1.63. The number of ether oxygens (including phenoxy) is 2. The molecule has 102 valence electrons. The first-order chi connectivity index (χ1) is 9.19. The maximum Gasteiger partial charge on any atom is 0.339 e. The zero-order valence-electron chi connectivity index (χ0n) is 10.7. The molecule has 19 heavy (non-hydrogen) atoms. The summed E-state index contributed by atoms with van der Waals surface area (Å²) >= 11 is 2.17. The summed E-state index contributed by atoms with van der Waals surface area (Å²) in [5.41, 5.74) is 0.740. The van der Waals surface area contributed by atoms with Crippen LogP contribution in [-0.2, 0) is 9.47 Å². The van der Waals surface area contributed by atoms with Gasteiger partial charge < -0.3 is 9.47 Å². The van der Waals surface area contributed by atoms with Crippen molar-refractivity contribution in [2.75, 3.05) is 13.2 Å². The Bertz CT molecular complexity index is 484. The second-order valence-electron chi connectivity index (χ2n) is 5.59. The molecule has 0 spiro atoms. The third-order valence-corrected chi connectivity index (χ3v) is 5.06. The van der Waals surface area contributed by atoms with Crippen LogP contribution in [0, 0.1) is 8.99 Å². The van der Waals surface area contributed by atoms with Crippen LogP contribution in [0.5, 0.6) is 0 Å². The summed E-state index contributed by atoms with van der Waals surface area (Å²) in [6.45, 7) is 1.24. The molecule has 2 fully saturated rings. The van der Waals surface area contributed by atoms with Crippen LogP contribution in [0.15, 0.2) is 24.3 Å². The van der Waals surface area contributed by atoms with Crippen LogP contribution in [-0.4, -0.2) is 25.3 Å². The van der Waals surface area contributed by atoms with E-state index in [1.165, 1.54) is 6.42 Å². The maximum absolute atomic E-state index is 12.1. The molecule has 3 rings (SSSR count). The molecule has 1 saturated carbocycles. The van der Waals surface area contributed by atoms with Crippen molar-refractivity contribution in [3.05, 3.63) is 33.4 Å². The van der Waals surface area contributed by atoms with Gasteiger partial charge in [-0.25, -0.2) is 4.79 Å². The largest absolute Gasteiger partial charge is 0.461 e. The van der Waals surface area contributed by atoms with E-state index in [4.69, 9.17) is 9.47 Å². The van der Waals surface area contributed by atoms with Crippen molar-refractivity contribution in [2.45, 2.75) is 31.8 Å². The van der Waals surface area contributed by atoms with Crippen molar-refractivity contribution in [2.24, 2.45) is 5.41 Å². The Morgan fingerprint density at radius 1 is 1.47 bits per heavy atom. The molecule has 0 amide bonds. The smallest absolute Gasteiger partial charge is 0.339 e. The SMILES string of the molecule is O=C(OC[C@]12CCC[C@H](C1)OC2)c1ccccc1I. The average Bonchev–Trinajstić information content (AvgIpc) is 2.72. The van der Waals surface area contributed by atoms with Crippen LogP contribution in [0.4, 0.5) is 0 Å². The number of benzene rings is 1. The summed E-state index contributed by atoms with van der Waals surface area (Å²) in [5, 5.41) is 0. The fraction of sp³-hybridized carbons (Fsp3) is 0.533. The molecule has 1 heterocycles. The molecule has 1 aliphatic heterocycles. The van der Waals surface area contributed by atoms with Gasteiger partial charge in [-0.15, -0.1) is 0 Å². The third-order valence-electron chi connectivity index (χ3n) is 4.12. The first-order valence-corrected chi connectivity index (χ1v) is 7.80. The predicted molar refractivity (Wildman–Crippen MR) is 80.1 cm³/mol. The van der Waals surface area contributed by atoms with Gasteiger partial charge >= 0.3 is 5.97 Å². The zero-order chi connectivity index (χ0) is 13.3. The van der Waals surface area contributed by atoms with Crippen molar-refractivity contribution in [1.29, 1.82) is 0 Å². The van der Waals surface area contributed by atoms with E-state index in [1.807, 2.05) is 24.3 Å². The summed E-state index contributed by atoms with van der Waals surface area (Å²) in [7, 11) is 0. The quantitative estimate of drug-likeness (QED) is 0.603. The molecular weight excluding hydrogens is 355 g/mol. The molecule has 2 bridgehead atoms. The van der Waals surface area contributed by atoms with Gasteiger partial charge in [-0.3, -0.25) is 0 Å². The lowest BCUT2D eigenvalue weighted by Gasteiger charge is -2.30. The highest BCUT2D eigenvalue weighted by atomic mass is 127. The highest BCUT2D eigenvalue weighted by Crippen LogP contribution is 2.43. The van der Waals surface area contributed by atoms with Gasteiger partial charge in [0.1, 0.15) is 0 Å². The highest BCUT2D eigenvalue weighted by Gasteiger charge is 2.44. The minimum atomic E-state index is -0.214. The standard InChI is InChI=1S/C15H17IO3/c16-13-6-2-1-5-12(13)14(17)19-10-15-7-3-4-11(8-15)18-9-15/h1-2,5-6,11H,3-4,7-10H2/t11-,15-/m1/s1. The number of carbonyl (C=O) groups excluding carboxylic acids is 1. The summed E-state index contributed by atoms with van der Waals surface area (Å²) in [5.74, 6) is -0.214. The van der Waals surface area contributed by atoms with Gasteiger partial charge in [-0.1, -0.05) is 18.6 Å². The Kier molecular flexibility index (Phi) is 3.80. The molecular formula is C15H17IO3. The van der Waals surface area contributed by atoms with Crippen LogP contribution >= 0.6 is 22.6 Å². The number of esters is 1. The third kappa shape index (κ3) is 2.79. The molecule has 3 nitrogen and oxygen atoms in total. The lowest BCUT2D eigenvalue weighted by atomic mass is 9.76. The van der Waals surface area contributed by atoms with E-state index in [0.717, 1.165) is 29.4 Å². The van der Waals surface area contributed by atoms with E-state index < -0.39 is 0 Å². The number of halogens is 1. The lowest BCUT2D eigenvalue weighted by molar-refractivity contribution is 0.0230. The van der Waals surface area contributed by atoms with Gasteiger partial charge in [0.25, 0.3) is 0 Å². The van der Waals surface area contributed by atoms with Crippen LogP contribution in [0.1, 0.15) is 36.0 Å². The first kappa shape index (κ1) is 13.4. The van der Waals surface area contributed by atoms with Gasteiger partial charge in [-0.2, -0.15) is 0 Å².